The van der Waals surface area contributed by atoms with Crippen LogP contribution in [-0.2, 0) is 11.2 Å². The Kier molecular flexibility index (Phi) is 10.9. The lowest BCUT2D eigenvalue weighted by atomic mass is 9.93. The lowest BCUT2D eigenvalue weighted by molar-refractivity contribution is 0.103. The van der Waals surface area contributed by atoms with E-state index in [1.54, 1.807) is 12.1 Å². The van der Waals surface area contributed by atoms with Crippen LogP contribution in [0.25, 0.3) is 106 Å². The maximum absolute atomic E-state index is 14.7. The van der Waals surface area contributed by atoms with Crippen LogP contribution in [0.3, 0.4) is 0 Å². The summed E-state index contributed by atoms with van der Waals surface area (Å²) < 4.78 is 78.5. The minimum Gasteiger partial charge on any atom is -0.482 e. The number of fused-ring (bicyclic) bond motifs is 13. The van der Waals surface area contributed by atoms with E-state index in [0.717, 1.165) is 65.0 Å². The van der Waals surface area contributed by atoms with Crippen molar-refractivity contribution in [3.8, 4) is 76.2 Å². The molecule has 0 amide bonds. The van der Waals surface area contributed by atoms with Crippen LogP contribution in [-0.4, -0.2) is 31.8 Å². The summed E-state index contributed by atoms with van der Waals surface area (Å²) in [6.45, 7) is 7.71. The molecule has 15 rings (SSSR count). The van der Waals surface area contributed by atoms with E-state index in [4.69, 9.17) is 24.1 Å². The summed E-state index contributed by atoms with van der Waals surface area (Å²) in [5.41, 5.74) is 1.82. The molecule has 4 aliphatic rings. The van der Waals surface area contributed by atoms with Crippen molar-refractivity contribution < 1.29 is 41.3 Å². The molecule has 0 bridgehead atoms. The first-order chi connectivity index (χ1) is 40.4. The highest BCUT2D eigenvalue weighted by atomic mass is 32.1. The standard InChI is InChI=1S/C62H26F4N8O5S5/c1-61(2)34-17-43(82-56(34)58-40(77-61)11-25(80-58)9-32-45(23(19-67)20-68)28-13-36(63)38(65)15-30(28)54(32)75)47-50-51(72-60-49(71-50)27-7-5-6-8-42(27)84-60)48(53-52(47)73-79-74-53)44-18-35-57(83-44)59-41(78-62(35,3)4)12-26(81-59)10-33-46(24(21-69)22-70)29-14-37(64)39(66)16-31(29)55(33)76/h5-18H,1-4H3/b32-9-,33-10-. The zero-order chi connectivity index (χ0) is 58.2. The number of carbonyl (C=O) groups is 2. The molecule has 0 fully saturated rings. The first-order valence-corrected chi connectivity index (χ1v) is 29.3. The summed E-state index contributed by atoms with van der Waals surface area (Å²) in [4.78, 5) is 45.0. The second-order valence-electron chi connectivity index (χ2n) is 20.8. The normalized spacial score (nSPS) is 16.0. The minimum atomic E-state index is -1.24. The first-order valence-electron chi connectivity index (χ1n) is 25.2. The Labute approximate surface area is 490 Å². The van der Waals surface area contributed by atoms with Gasteiger partial charge in [-0.1, -0.05) is 18.2 Å². The van der Waals surface area contributed by atoms with Crippen LogP contribution < -0.4 is 9.47 Å². The Bertz CT molecular complexity index is 5290. The fourth-order valence-electron chi connectivity index (χ4n) is 11.5. The number of ketones is 2. The molecule has 0 saturated heterocycles. The van der Waals surface area contributed by atoms with Crippen molar-refractivity contribution >= 4 is 134 Å². The number of halogens is 4. The Morgan fingerprint density at radius 3 is 1.43 bits per heavy atom. The van der Waals surface area contributed by atoms with Gasteiger partial charge in [0, 0.05) is 74.1 Å². The summed E-state index contributed by atoms with van der Waals surface area (Å²) in [5.74, 6) is -5.30. The first kappa shape index (κ1) is 51.1. The predicted octanol–water partition coefficient (Wildman–Crippen LogP) is 16.4. The van der Waals surface area contributed by atoms with Gasteiger partial charge >= 0.3 is 0 Å². The molecule has 0 radical (unpaired) electrons. The van der Waals surface area contributed by atoms with E-state index in [-0.39, 0.29) is 44.5 Å². The number of nitriles is 4. The smallest absolute Gasteiger partial charge is 0.194 e. The van der Waals surface area contributed by atoms with Crippen molar-refractivity contribution in [1.29, 1.82) is 21.0 Å². The van der Waals surface area contributed by atoms with E-state index in [9.17, 15) is 48.2 Å². The van der Waals surface area contributed by atoms with Crippen LogP contribution in [0, 0.1) is 68.6 Å². The Balaban J connectivity index is 0.895. The number of hydrogen-bond donors (Lipinski definition) is 0. The van der Waals surface area contributed by atoms with Crippen molar-refractivity contribution in [2.45, 2.75) is 38.9 Å². The number of rotatable bonds is 4. The van der Waals surface area contributed by atoms with Crippen molar-refractivity contribution in [3.05, 3.63) is 161 Å². The Morgan fingerprint density at radius 2 is 0.964 bits per heavy atom. The molecule has 0 N–H and O–H groups in total. The highest BCUT2D eigenvalue weighted by Gasteiger charge is 2.42. The zero-order valence-electron chi connectivity index (χ0n) is 43.3. The Hall–Kier alpha value is -9.78. The Morgan fingerprint density at radius 1 is 0.524 bits per heavy atom. The quantitative estimate of drug-likeness (QED) is 0.0912. The lowest BCUT2D eigenvalue weighted by Gasteiger charge is -2.31. The number of hydrogen-bond acceptors (Lipinski definition) is 18. The average molecular weight is 1200 g/mol. The fraction of sp³-hybridized carbons (Fsp3) is 0.0968. The minimum absolute atomic E-state index is 0.0540. The summed E-state index contributed by atoms with van der Waals surface area (Å²) in [6.07, 6.45) is 3.01. The molecule has 0 spiro atoms. The van der Waals surface area contributed by atoms with Gasteiger partial charge in [0.2, 0.25) is 0 Å². The van der Waals surface area contributed by atoms with Crippen molar-refractivity contribution in [3.63, 3.8) is 0 Å². The van der Waals surface area contributed by atoms with Gasteiger partial charge in [0.15, 0.2) is 34.8 Å². The molecule has 13 nitrogen and oxygen atoms in total. The molecule has 2 aliphatic heterocycles. The van der Waals surface area contributed by atoms with Crippen molar-refractivity contribution in [2.24, 2.45) is 0 Å². The van der Waals surface area contributed by atoms with Crippen LogP contribution in [0.15, 0.2) is 99.7 Å². The van der Waals surface area contributed by atoms with Crippen LogP contribution in [0.2, 0.25) is 0 Å². The van der Waals surface area contributed by atoms with Crippen LogP contribution >= 0.6 is 56.7 Å². The molecule has 4 aromatic carbocycles. The van der Waals surface area contributed by atoms with E-state index in [1.165, 1.54) is 68.8 Å². The zero-order valence-corrected chi connectivity index (χ0v) is 47.3. The van der Waals surface area contributed by atoms with Gasteiger partial charge < -0.3 is 9.47 Å². The number of thiophene rings is 5. The largest absolute Gasteiger partial charge is 0.482 e. The maximum atomic E-state index is 14.7. The van der Waals surface area contributed by atoms with Gasteiger partial charge in [-0.05, 0) is 116 Å². The molecular weight excluding hydrogens is 1170 g/mol. The van der Waals surface area contributed by atoms with E-state index in [2.05, 4.69) is 10.3 Å². The van der Waals surface area contributed by atoms with E-state index in [1.807, 2.05) is 88.4 Å². The molecule has 2 aliphatic carbocycles. The number of allylic oxidation sites excluding steroid dienone is 6. The van der Waals surface area contributed by atoms with Gasteiger partial charge in [-0.25, -0.2) is 32.2 Å². The van der Waals surface area contributed by atoms with Crippen LogP contribution in [0.5, 0.6) is 11.5 Å². The third-order valence-electron chi connectivity index (χ3n) is 15.2. The second-order valence-corrected chi connectivity index (χ2v) is 26.1. The number of Topliss-reactive ketones (excluding diaryl/α,β-unsaturated/α-hetero) is 2. The SMILES string of the molecule is CC1(C)Oc2cc(/C=C3\C(=O)c4cc(F)c(F)cc4C3=C(C#N)C#N)sc2-c2sc(-c3c4nonc4c(-c4cc5c(s4)-c4sc(/C=C6\C(=O)c7cc(F)c(F)cc7C6=C(C#N)C#N)cc4OC5(C)C)c4nc5c(nc34)sc3ccccc35)cc21. The van der Waals surface area contributed by atoms with Gasteiger partial charge in [0.05, 0.1) is 30.6 Å². The molecule has 0 unspecified atom stereocenters. The van der Waals surface area contributed by atoms with E-state index < -0.39 is 57.2 Å². The summed E-state index contributed by atoms with van der Waals surface area (Å²) in [6, 6.07) is 25.9. The molecule has 84 heavy (non-hydrogen) atoms. The number of aromatic nitrogens is 4. The van der Waals surface area contributed by atoms with Gasteiger partial charge in [0.1, 0.15) is 90.5 Å². The monoisotopic (exact) mass is 1200 g/mol. The maximum Gasteiger partial charge on any atom is 0.194 e. The molecule has 22 heteroatoms. The predicted molar refractivity (Wildman–Crippen MR) is 312 cm³/mol. The molecule has 0 saturated carbocycles. The summed E-state index contributed by atoms with van der Waals surface area (Å²) >= 11 is 6.99. The topological polar surface area (TPSA) is 212 Å². The molecule has 7 aromatic heterocycles. The molecule has 9 heterocycles. The summed E-state index contributed by atoms with van der Waals surface area (Å²) in [5, 5.41) is 49.9. The van der Waals surface area contributed by atoms with Crippen molar-refractivity contribution in [1.82, 2.24) is 20.3 Å². The number of carbonyl (C=O) groups excluding carboxylic acids is 2. The average Bonchev–Trinajstić information content (AvgIpc) is 2.04. The molecule has 11 aromatic rings. The van der Waals surface area contributed by atoms with Gasteiger partial charge in [-0.15, -0.1) is 56.7 Å². The number of benzene rings is 4. The molecular formula is C62H26F4N8O5S5. The highest BCUT2D eigenvalue weighted by molar-refractivity contribution is 7.26. The molecule has 402 valence electrons. The van der Waals surface area contributed by atoms with E-state index >= 15 is 0 Å². The lowest BCUT2D eigenvalue weighted by Crippen LogP contribution is -2.27. The fourth-order valence-corrected chi connectivity index (χ4v) is 17.5. The third kappa shape index (κ3) is 7.22. The second kappa shape index (κ2) is 17.9. The van der Waals surface area contributed by atoms with Gasteiger partial charge in [-0.3, -0.25) is 9.59 Å². The van der Waals surface area contributed by atoms with Crippen LogP contribution in [0.1, 0.15) is 80.4 Å². The van der Waals surface area contributed by atoms with Crippen molar-refractivity contribution in [2.75, 3.05) is 0 Å². The molecule has 0 atom stereocenters. The third-order valence-corrected chi connectivity index (χ3v) is 21.0. The van der Waals surface area contributed by atoms with E-state index in [0.29, 0.717) is 74.5 Å². The van der Waals surface area contributed by atoms with Crippen LogP contribution in [0.4, 0.5) is 17.6 Å². The highest BCUT2D eigenvalue weighted by Crippen LogP contribution is 2.59. The number of ether oxygens (including phenoxy) is 2. The summed E-state index contributed by atoms with van der Waals surface area (Å²) in [7, 11) is 0. The number of nitrogens with zero attached hydrogens (tertiary/aromatic N) is 8. The van der Waals surface area contributed by atoms with Gasteiger partial charge in [-0.2, -0.15) is 21.0 Å². The van der Waals surface area contributed by atoms with Gasteiger partial charge in [0.25, 0.3) is 0 Å².